The molecule has 9 nitrogen and oxygen atoms in total. The number of rotatable bonds is 7. The minimum absolute atomic E-state index is 0.0858. The van der Waals surface area contributed by atoms with Crippen molar-refractivity contribution >= 4 is 45.1 Å². The van der Waals surface area contributed by atoms with E-state index in [0.29, 0.717) is 59.3 Å². The molecule has 1 aliphatic rings. The Balaban J connectivity index is 1.38. The number of aromatic hydroxyl groups is 1. The molecule has 3 heterocycles. The molecule has 1 aromatic carbocycles. The Bertz CT molecular complexity index is 1250. The van der Waals surface area contributed by atoms with Gasteiger partial charge in [-0.2, -0.15) is 0 Å². The van der Waals surface area contributed by atoms with Crippen LogP contribution in [0.4, 0.5) is 9.93 Å². The van der Waals surface area contributed by atoms with Crippen LogP contribution in [-0.2, 0) is 4.74 Å². The molecule has 3 aromatic rings. The lowest BCUT2D eigenvalue weighted by atomic mass is 10.1. The molecule has 0 bridgehead atoms. The van der Waals surface area contributed by atoms with Gasteiger partial charge in [0.2, 0.25) is 0 Å². The molecule has 0 atom stereocenters. The molecule has 37 heavy (non-hydrogen) atoms. The second-order valence-electron chi connectivity index (χ2n) is 10.3. The molecule has 0 aliphatic carbocycles. The second-order valence-corrected chi connectivity index (χ2v) is 11.5. The number of anilines is 1. The number of carbonyl (C=O) groups excluding carboxylic acids is 1. The van der Waals surface area contributed by atoms with Crippen LogP contribution in [0.3, 0.4) is 0 Å². The molecule has 0 radical (unpaired) electrons. The summed E-state index contributed by atoms with van der Waals surface area (Å²) < 4.78 is 11.5. The van der Waals surface area contributed by atoms with E-state index in [1.54, 1.807) is 23.1 Å². The molecular formula is C26H34ClN5O4S. The normalized spacial score (nSPS) is 14.8. The molecule has 1 saturated heterocycles. The minimum atomic E-state index is -0.498. The van der Waals surface area contributed by atoms with Crippen LogP contribution >= 0.6 is 22.9 Å². The zero-order chi connectivity index (χ0) is 26.7. The number of carbonyl (C=O) groups is 1. The highest BCUT2D eigenvalue weighted by Crippen LogP contribution is 2.38. The van der Waals surface area contributed by atoms with Crippen molar-refractivity contribution in [1.29, 1.82) is 0 Å². The number of thiazole rings is 1. The molecule has 2 aromatic heterocycles. The maximum Gasteiger partial charge on any atom is 0.410 e. The van der Waals surface area contributed by atoms with Crippen LogP contribution in [0.2, 0.25) is 5.02 Å². The topological polar surface area (TPSA) is 100 Å². The molecule has 200 valence electrons. The first kappa shape index (κ1) is 27.2. The number of amides is 1. The first-order valence-corrected chi connectivity index (χ1v) is 13.6. The van der Waals surface area contributed by atoms with E-state index >= 15 is 0 Å². The van der Waals surface area contributed by atoms with E-state index in [1.807, 2.05) is 40.0 Å². The van der Waals surface area contributed by atoms with Crippen molar-refractivity contribution in [1.82, 2.24) is 19.8 Å². The maximum absolute atomic E-state index is 12.3. The van der Waals surface area contributed by atoms with Crippen molar-refractivity contribution in [3.8, 4) is 22.9 Å². The Kier molecular flexibility index (Phi) is 8.30. The number of aromatic nitrogens is 2. The van der Waals surface area contributed by atoms with Gasteiger partial charge in [0.05, 0.1) is 11.2 Å². The summed E-state index contributed by atoms with van der Waals surface area (Å²) in [5, 5.41) is 17.5. The number of pyridine rings is 1. The molecule has 1 fully saturated rings. The van der Waals surface area contributed by atoms with Crippen LogP contribution in [-0.4, -0.2) is 81.9 Å². The van der Waals surface area contributed by atoms with E-state index in [1.165, 1.54) is 11.3 Å². The summed E-state index contributed by atoms with van der Waals surface area (Å²) in [6.07, 6.45) is -0.272. The average Bonchev–Trinajstić information content (AvgIpc) is 3.28. The SMILES string of the molecule is CC(C)Nc1nc(-c2cc(O)c3ccc(OCCN4CCN(C(=O)OC(C)(C)C)CC4)c(Cl)c3n2)cs1. The van der Waals surface area contributed by atoms with Gasteiger partial charge < -0.3 is 24.8 Å². The molecule has 11 heteroatoms. The number of piperazine rings is 1. The third kappa shape index (κ3) is 6.94. The average molecular weight is 548 g/mol. The molecular weight excluding hydrogens is 514 g/mol. The van der Waals surface area contributed by atoms with Crippen molar-refractivity contribution in [3.63, 3.8) is 0 Å². The monoisotopic (exact) mass is 547 g/mol. The van der Waals surface area contributed by atoms with E-state index in [4.69, 9.17) is 26.1 Å². The van der Waals surface area contributed by atoms with Crippen molar-refractivity contribution in [2.75, 3.05) is 44.6 Å². The van der Waals surface area contributed by atoms with Crippen LogP contribution in [0.5, 0.6) is 11.5 Å². The van der Waals surface area contributed by atoms with Gasteiger partial charge in [0.25, 0.3) is 0 Å². The van der Waals surface area contributed by atoms with Gasteiger partial charge in [-0.05, 0) is 46.8 Å². The lowest BCUT2D eigenvalue weighted by molar-refractivity contribution is 0.0137. The predicted octanol–water partition coefficient (Wildman–Crippen LogP) is 5.47. The third-order valence-corrected chi connectivity index (χ3v) is 6.87. The minimum Gasteiger partial charge on any atom is -0.507 e. The van der Waals surface area contributed by atoms with Crippen molar-refractivity contribution in [2.24, 2.45) is 0 Å². The Morgan fingerprint density at radius 2 is 1.92 bits per heavy atom. The zero-order valence-electron chi connectivity index (χ0n) is 21.9. The Hall–Kier alpha value is -2.82. The summed E-state index contributed by atoms with van der Waals surface area (Å²) >= 11 is 8.16. The Labute approximate surface area is 226 Å². The summed E-state index contributed by atoms with van der Waals surface area (Å²) in [6, 6.07) is 5.37. The number of benzene rings is 1. The van der Waals surface area contributed by atoms with Crippen LogP contribution in [0.25, 0.3) is 22.3 Å². The van der Waals surface area contributed by atoms with Gasteiger partial charge in [0.15, 0.2) is 5.13 Å². The van der Waals surface area contributed by atoms with Gasteiger partial charge >= 0.3 is 6.09 Å². The van der Waals surface area contributed by atoms with Gasteiger partial charge in [-0.25, -0.2) is 14.8 Å². The molecule has 1 amide bonds. The summed E-state index contributed by atoms with van der Waals surface area (Å²) in [5.74, 6) is 0.591. The predicted molar refractivity (Wildman–Crippen MR) is 148 cm³/mol. The fourth-order valence-corrected chi connectivity index (χ4v) is 5.05. The largest absolute Gasteiger partial charge is 0.507 e. The number of nitrogens with one attached hydrogen (secondary N) is 1. The van der Waals surface area contributed by atoms with Crippen molar-refractivity contribution in [2.45, 2.75) is 46.3 Å². The van der Waals surface area contributed by atoms with E-state index in [-0.39, 0.29) is 17.9 Å². The summed E-state index contributed by atoms with van der Waals surface area (Å²) in [7, 11) is 0. The Morgan fingerprint density at radius 3 is 2.59 bits per heavy atom. The number of hydrogen-bond acceptors (Lipinski definition) is 9. The van der Waals surface area contributed by atoms with Crippen molar-refractivity contribution < 1.29 is 19.4 Å². The third-order valence-electron chi connectivity index (χ3n) is 5.73. The van der Waals surface area contributed by atoms with Crippen LogP contribution in [0, 0.1) is 0 Å². The van der Waals surface area contributed by atoms with Gasteiger partial charge in [-0.1, -0.05) is 11.6 Å². The lowest BCUT2D eigenvalue weighted by Gasteiger charge is -2.35. The van der Waals surface area contributed by atoms with Gasteiger partial charge in [0.1, 0.15) is 34.4 Å². The standard InChI is InChI=1S/C26H34ClN5O4S/c1-16(2)28-24-30-19(15-37-24)18-14-20(33)17-6-7-21(22(27)23(17)29-18)35-13-12-31-8-10-32(11-9-31)25(34)36-26(3,4)5/h6-7,14-16H,8-13H2,1-5H3,(H,28,30)(H,29,33). The highest BCUT2D eigenvalue weighted by atomic mass is 35.5. The quantitative estimate of drug-likeness (QED) is 0.402. The fraction of sp³-hybridized carbons (Fsp3) is 0.500. The smallest absolute Gasteiger partial charge is 0.410 e. The number of nitrogens with zero attached hydrogens (tertiary/aromatic N) is 4. The van der Waals surface area contributed by atoms with Crippen LogP contribution in [0.15, 0.2) is 23.6 Å². The van der Waals surface area contributed by atoms with E-state index in [2.05, 4.69) is 15.2 Å². The number of halogens is 1. The van der Waals surface area contributed by atoms with Crippen LogP contribution in [0.1, 0.15) is 34.6 Å². The summed E-state index contributed by atoms with van der Waals surface area (Å²) in [5.41, 5.74) is 1.17. The number of fused-ring (bicyclic) bond motifs is 1. The second kappa shape index (κ2) is 11.3. The molecule has 0 saturated carbocycles. The van der Waals surface area contributed by atoms with Gasteiger partial charge in [-0.3, -0.25) is 4.90 Å². The zero-order valence-corrected chi connectivity index (χ0v) is 23.4. The van der Waals surface area contributed by atoms with Gasteiger partial charge in [-0.15, -0.1) is 11.3 Å². The first-order valence-electron chi connectivity index (χ1n) is 12.4. The molecule has 0 unspecified atom stereocenters. The van der Waals surface area contributed by atoms with E-state index < -0.39 is 5.60 Å². The maximum atomic E-state index is 12.3. The highest BCUT2D eigenvalue weighted by Gasteiger charge is 2.26. The van der Waals surface area contributed by atoms with E-state index in [9.17, 15) is 9.90 Å². The summed E-state index contributed by atoms with van der Waals surface area (Å²) in [4.78, 5) is 25.5. The summed E-state index contributed by atoms with van der Waals surface area (Å²) in [6.45, 7) is 13.5. The van der Waals surface area contributed by atoms with Gasteiger partial charge in [0, 0.05) is 55.6 Å². The first-order chi connectivity index (χ1) is 17.5. The molecule has 2 N–H and O–H groups in total. The number of hydrogen-bond donors (Lipinski definition) is 2. The molecule has 4 rings (SSSR count). The fourth-order valence-electron chi connectivity index (χ4n) is 3.93. The Morgan fingerprint density at radius 1 is 1.19 bits per heavy atom. The van der Waals surface area contributed by atoms with Crippen molar-refractivity contribution in [3.05, 3.63) is 28.6 Å². The molecule has 0 spiro atoms. The lowest BCUT2D eigenvalue weighted by Crippen LogP contribution is -2.50. The highest BCUT2D eigenvalue weighted by molar-refractivity contribution is 7.14. The number of ether oxygens (including phenoxy) is 2. The molecule has 1 aliphatic heterocycles. The van der Waals surface area contributed by atoms with Crippen LogP contribution < -0.4 is 10.1 Å². The van der Waals surface area contributed by atoms with E-state index in [0.717, 1.165) is 18.2 Å².